The van der Waals surface area contributed by atoms with Gasteiger partial charge in [0.05, 0.1) is 0 Å². The SMILES string of the molecule is C1=[PH]c2ccccc2N1.[Cl][Zr][Cl]. The predicted molar refractivity (Wildman–Crippen MR) is 55.8 cm³/mol. The van der Waals surface area contributed by atoms with Crippen LogP contribution in [0.5, 0.6) is 0 Å². The predicted octanol–water partition coefficient (Wildman–Crippen LogP) is 2.55. The van der Waals surface area contributed by atoms with E-state index in [0.29, 0.717) is 0 Å². The molecule has 0 aliphatic carbocycles. The molecular formula is C7H7Cl2NPZr. The van der Waals surface area contributed by atoms with E-state index in [9.17, 15) is 0 Å². The molecule has 63 valence electrons. The summed E-state index contributed by atoms with van der Waals surface area (Å²) >= 11 is -0.826. The van der Waals surface area contributed by atoms with Gasteiger partial charge >= 0.3 is 37.9 Å². The molecule has 1 aliphatic rings. The molecule has 1 nitrogen and oxygen atoms in total. The summed E-state index contributed by atoms with van der Waals surface area (Å²) in [6.07, 6.45) is 0. The molecule has 1 aliphatic heterocycles. The Balaban J connectivity index is 0.000000213. The Hall–Kier alpha value is 0.653. The first kappa shape index (κ1) is 10.7. The van der Waals surface area contributed by atoms with Crippen molar-refractivity contribution >= 4 is 42.1 Å². The number of hydrogen-bond donors (Lipinski definition) is 1. The fourth-order valence-electron chi connectivity index (χ4n) is 0.926. The fraction of sp³-hybridized carbons (Fsp3) is 0. The number of fused-ring (bicyclic) bond motifs is 1. The standard InChI is InChI=1S/C7H7NP.2ClH.Zr/c1-2-4-7-6(3-1)8-5-9-7;;;/h1-5,8-9H;2*1H;/q;;;+2/p-2. The Morgan fingerprint density at radius 2 is 1.92 bits per heavy atom. The van der Waals surface area contributed by atoms with Gasteiger partial charge < -0.3 is 5.32 Å². The third-order valence-electron chi connectivity index (χ3n) is 1.38. The molecule has 1 atom stereocenters. The van der Waals surface area contributed by atoms with Crippen LogP contribution in [-0.2, 0) is 20.8 Å². The summed E-state index contributed by atoms with van der Waals surface area (Å²) in [5.41, 5.74) is 1.27. The Morgan fingerprint density at radius 1 is 1.25 bits per heavy atom. The van der Waals surface area contributed by atoms with Crippen molar-refractivity contribution in [2.45, 2.75) is 0 Å². The number of anilines is 1. The summed E-state index contributed by atoms with van der Waals surface area (Å²) in [6.45, 7) is 0. The average Bonchev–Trinajstić information content (AvgIpc) is 2.52. The number of nitrogens with one attached hydrogen (secondary N) is 1. The van der Waals surface area contributed by atoms with Crippen molar-refractivity contribution in [2.24, 2.45) is 0 Å². The zero-order valence-corrected chi connectivity index (χ0v) is 11.1. The second-order valence-electron chi connectivity index (χ2n) is 2.05. The van der Waals surface area contributed by atoms with Crippen molar-refractivity contribution in [1.82, 2.24) is 0 Å². The van der Waals surface area contributed by atoms with Crippen LogP contribution in [-0.4, -0.2) is 5.92 Å². The third kappa shape index (κ3) is 3.19. The fourth-order valence-corrected chi connectivity index (χ4v) is 1.81. The monoisotopic (exact) mass is 296 g/mol. The van der Waals surface area contributed by atoms with Gasteiger partial charge in [-0.25, -0.2) is 0 Å². The number of hydrogen-bond acceptors (Lipinski definition) is 1. The number of halogens is 2. The van der Waals surface area contributed by atoms with Crippen LogP contribution in [0.15, 0.2) is 24.3 Å². The molecule has 0 aromatic heterocycles. The van der Waals surface area contributed by atoms with Crippen LogP contribution in [0.4, 0.5) is 5.69 Å². The van der Waals surface area contributed by atoms with Crippen LogP contribution < -0.4 is 10.6 Å². The zero-order valence-electron chi connectivity index (χ0n) is 6.14. The van der Waals surface area contributed by atoms with Crippen molar-refractivity contribution in [1.29, 1.82) is 0 Å². The van der Waals surface area contributed by atoms with Crippen LogP contribution in [0, 0.1) is 0 Å². The van der Waals surface area contributed by atoms with Gasteiger partial charge in [0.2, 0.25) is 0 Å². The number of para-hydroxylation sites is 1. The van der Waals surface area contributed by atoms with Gasteiger partial charge in [0.15, 0.2) is 0 Å². The van der Waals surface area contributed by atoms with E-state index in [2.05, 4.69) is 35.5 Å². The van der Waals surface area contributed by atoms with Gasteiger partial charge in [0, 0.05) is 16.9 Å². The van der Waals surface area contributed by atoms with Crippen molar-refractivity contribution < 1.29 is 20.8 Å². The summed E-state index contributed by atoms with van der Waals surface area (Å²) in [7, 11) is 10.7. The van der Waals surface area contributed by atoms with Gasteiger partial charge in [0.25, 0.3) is 0 Å². The van der Waals surface area contributed by atoms with E-state index in [1.54, 1.807) is 0 Å². The third-order valence-corrected chi connectivity index (χ3v) is 2.42. The maximum absolute atomic E-state index is 4.93. The zero-order chi connectivity index (χ0) is 8.81. The topological polar surface area (TPSA) is 12.0 Å². The van der Waals surface area contributed by atoms with Crippen molar-refractivity contribution in [3.63, 3.8) is 0 Å². The Bertz CT molecular complexity index is 280. The summed E-state index contributed by atoms with van der Waals surface area (Å²) in [6, 6.07) is 8.39. The summed E-state index contributed by atoms with van der Waals surface area (Å²) < 4.78 is 0. The first-order valence-corrected chi connectivity index (χ1v) is 10.7. The summed E-state index contributed by atoms with van der Waals surface area (Å²) in [5.74, 6) is 2.10. The maximum atomic E-state index is 4.93. The summed E-state index contributed by atoms with van der Waals surface area (Å²) in [5, 5.41) is 4.62. The number of rotatable bonds is 0. The molecule has 0 spiro atoms. The molecule has 1 heterocycles. The molecule has 1 aromatic rings. The second kappa shape index (κ2) is 6.16. The molecule has 2 rings (SSSR count). The van der Waals surface area contributed by atoms with E-state index in [0.717, 1.165) is 8.20 Å². The molecule has 12 heavy (non-hydrogen) atoms. The molecule has 1 unspecified atom stereocenters. The molecule has 0 saturated heterocycles. The van der Waals surface area contributed by atoms with Crippen LogP contribution in [0.2, 0.25) is 0 Å². The molecule has 0 saturated carbocycles. The summed E-state index contributed by atoms with van der Waals surface area (Å²) in [4.78, 5) is 0. The van der Waals surface area contributed by atoms with Gasteiger partial charge in [-0.15, -0.1) is 8.20 Å². The average molecular weight is 298 g/mol. The van der Waals surface area contributed by atoms with E-state index in [4.69, 9.17) is 17.0 Å². The quantitative estimate of drug-likeness (QED) is 0.726. The van der Waals surface area contributed by atoms with E-state index in [-0.39, 0.29) is 0 Å². The molecule has 1 aromatic carbocycles. The van der Waals surface area contributed by atoms with Crippen LogP contribution in [0.3, 0.4) is 0 Å². The van der Waals surface area contributed by atoms with Crippen molar-refractivity contribution in [2.75, 3.05) is 5.32 Å². The van der Waals surface area contributed by atoms with Crippen molar-refractivity contribution in [3.05, 3.63) is 24.3 Å². The molecular weight excluding hydrogens is 291 g/mol. The van der Waals surface area contributed by atoms with E-state index >= 15 is 0 Å². The molecule has 0 bridgehead atoms. The molecule has 0 amide bonds. The molecule has 0 fully saturated rings. The van der Waals surface area contributed by atoms with Gasteiger partial charge in [-0.2, -0.15) is 0 Å². The Kier molecular flexibility index (Phi) is 5.51. The van der Waals surface area contributed by atoms with E-state index in [1.165, 1.54) is 11.0 Å². The second-order valence-corrected chi connectivity index (χ2v) is 6.90. The molecule has 1 N–H and O–H groups in total. The van der Waals surface area contributed by atoms with Gasteiger partial charge in [0.1, 0.15) is 0 Å². The molecule has 1 radical (unpaired) electrons. The van der Waals surface area contributed by atoms with Crippen LogP contribution >= 0.6 is 25.2 Å². The minimum absolute atomic E-state index is 0.826. The first-order chi connectivity index (χ1) is 5.88. The Labute approximate surface area is 91.9 Å². The van der Waals surface area contributed by atoms with Gasteiger partial charge in [-0.05, 0) is 12.1 Å². The van der Waals surface area contributed by atoms with Crippen LogP contribution in [0.25, 0.3) is 0 Å². The Morgan fingerprint density at radius 3 is 2.58 bits per heavy atom. The van der Waals surface area contributed by atoms with Gasteiger partial charge in [-0.1, -0.05) is 12.1 Å². The van der Waals surface area contributed by atoms with Crippen molar-refractivity contribution in [3.8, 4) is 0 Å². The number of benzene rings is 1. The normalized spacial score (nSPS) is 12.2. The van der Waals surface area contributed by atoms with E-state index in [1.807, 2.05) is 0 Å². The molecule has 5 heteroatoms. The van der Waals surface area contributed by atoms with E-state index < -0.39 is 20.8 Å². The van der Waals surface area contributed by atoms with Crippen LogP contribution in [0.1, 0.15) is 0 Å². The first-order valence-electron chi connectivity index (χ1n) is 3.28. The van der Waals surface area contributed by atoms with Gasteiger partial charge in [-0.3, -0.25) is 0 Å². The minimum atomic E-state index is -0.826.